The average Bonchev–Trinajstić information content (AvgIpc) is 3.37. The summed E-state index contributed by atoms with van der Waals surface area (Å²) in [5, 5.41) is 8.38. The second kappa shape index (κ2) is 9.72. The Labute approximate surface area is 227 Å². The number of H-pyrrole nitrogens is 2. The molecule has 0 aliphatic carbocycles. The number of nitrogen functional groups attached to an aromatic ring is 2. The number of nitrogens with zero attached hydrogens (tertiary/aromatic N) is 8. The molecule has 6 heterocycles. The maximum atomic E-state index is 12.2. The summed E-state index contributed by atoms with van der Waals surface area (Å²) in [5.74, 6) is 0.909. The van der Waals surface area contributed by atoms with Gasteiger partial charge in [0.15, 0.2) is 11.0 Å². The number of aryl methyl sites for hydroxylation is 6. The third kappa shape index (κ3) is 4.55. The minimum Gasteiger partial charge on any atom is -0.397 e. The zero-order valence-electron chi connectivity index (χ0n) is 22.9. The van der Waals surface area contributed by atoms with Crippen molar-refractivity contribution in [2.75, 3.05) is 11.5 Å². The largest absolute Gasteiger partial charge is 0.397 e. The Morgan fingerprint density at radius 2 is 1.20 bits per heavy atom. The number of hydrogen-bond donors (Lipinski definition) is 4. The van der Waals surface area contributed by atoms with Gasteiger partial charge in [-0.25, -0.2) is 9.97 Å². The Kier molecular flexibility index (Phi) is 6.37. The fourth-order valence-corrected chi connectivity index (χ4v) is 4.37. The van der Waals surface area contributed by atoms with E-state index in [9.17, 15) is 9.59 Å². The maximum Gasteiger partial charge on any atom is 0.279 e. The standard InChI is InChI=1S/2C13H14N6O/c1-6-9(4-8(14)5-15-6)12-16-10-7(2)19(3)18-11(10)13(20)17-12;1-6-9(4-8(14)5-15-6)12-16-10-7(2)18-19(3)11(10)13(20)17-12/h2*4-5H,14H2,1-3H3,(H,16,17,20). The predicted octanol–water partition coefficient (Wildman–Crippen LogP) is 1.84. The highest BCUT2D eigenvalue weighted by atomic mass is 16.1. The van der Waals surface area contributed by atoms with E-state index in [0.29, 0.717) is 61.9 Å². The van der Waals surface area contributed by atoms with E-state index >= 15 is 0 Å². The van der Waals surface area contributed by atoms with Crippen LogP contribution in [-0.2, 0) is 14.1 Å². The molecule has 6 aromatic rings. The van der Waals surface area contributed by atoms with Gasteiger partial charge >= 0.3 is 0 Å². The van der Waals surface area contributed by atoms with Crippen LogP contribution in [0.25, 0.3) is 44.8 Å². The van der Waals surface area contributed by atoms with Crippen LogP contribution in [0.15, 0.2) is 34.1 Å². The smallest absolute Gasteiger partial charge is 0.279 e. The van der Waals surface area contributed by atoms with Gasteiger partial charge in [0.1, 0.15) is 22.7 Å². The van der Waals surface area contributed by atoms with E-state index in [2.05, 4.69) is 40.1 Å². The molecule has 0 atom stereocenters. The maximum absolute atomic E-state index is 12.2. The molecule has 40 heavy (non-hydrogen) atoms. The highest BCUT2D eigenvalue weighted by molar-refractivity contribution is 5.80. The third-order valence-corrected chi connectivity index (χ3v) is 6.56. The van der Waals surface area contributed by atoms with Gasteiger partial charge in [0.2, 0.25) is 0 Å². The molecule has 14 heteroatoms. The summed E-state index contributed by atoms with van der Waals surface area (Å²) >= 11 is 0. The summed E-state index contributed by atoms with van der Waals surface area (Å²) in [6.45, 7) is 7.38. The summed E-state index contributed by atoms with van der Waals surface area (Å²) in [5.41, 5.74) is 18.5. The first-order valence-electron chi connectivity index (χ1n) is 12.3. The minimum absolute atomic E-state index is 0.227. The minimum atomic E-state index is -0.268. The monoisotopic (exact) mass is 540 g/mol. The molecule has 0 spiro atoms. The zero-order valence-corrected chi connectivity index (χ0v) is 22.9. The first-order chi connectivity index (χ1) is 18.9. The van der Waals surface area contributed by atoms with Gasteiger partial charge in [0, 0.05) is 36.6 Å². The normalized spacial score (nSPS) is 11.2. The van der Waals surface area contributed by atoms with Gasteiger partial charge in [-0.2, -0.15) is 10.2 Å². The van der Waals surface area contributed by atoms with E-state index in [1.54, 1.807) is 43.3 Å². The molecule has 0 fully saturated rings. The van der Waals surface area contributed by atoms with E-state index in [-0.39, 0.29) is 11.1 Å². The summed E-state index contributed by atoms with van der Waals surface area (Å²) in [6.07, 6.45) is 3.15. The number of aromatic amines is 2. The number of nitrogens with one attached hydrogen (secondary N) is 2. The van der Waals surface area contributed by atoms with Crippen molar-refractivity contribution in [3.8, 4) is 22.8 Å². The van der Waals surface area contributed by atoms with Crippen LogP contribution in [0, 0.1) is 27.7 Å². The number of aromatic nitrogens is 10. The molecule has 0 saturated heterocycles. The number of pyridine rings is 2. The Hall–Kier alpha value is -5.40. The number of nitrogens with two attached hydrogens (primary N) is 2. The van der Waals surface area contributed by atoms with E-state index in [1.165, 1.54) is 4.68 Å². The summed E-state index contributed by atoms with van der Waals surface area (Å²) in [4.78, 5) is 47.2. The van der Waals surface area contributed by atoms with Gasteiger partial charge in [-0.15, -0.1) is 0 Å². The van der Waals surface area contributed by atoms with Crippen LogP contribution in [0.4, 0.5) is 11.4 Å². The lowest BCUT2D eigenvalue weighted by atomic mass is 10.1. The van der Waals surface area contributed by atoms with Crippen molar-refractivity contribution < 1.29 is 0 Å². The molecule has 0 aliphatic rings. The van der Waals surface area contributed by atoms with Crippen LogP contribution in [0.3, 0.4) is 0 Å². The molecule has 0 aromatic carbocycles. The zero-order chi connectivity index (χ0) is 28.9. The van der Waals surface area contributed by atoms with Crippen molar-refractivity contribution in [3.63, 3.8) is 0 Å². The number of anilines is 2. The summed E-state index contributed by atoms with van der Waals surface area (Å²) < 4.78 is 3.17. The van der Waals surface area contributed by atoms with Crippen molar-refractivity contribution in [3.05, 3.63) is 68.0 Å². The van der Waals surface area contributed by atoms with Crippen molar-refractivity contribution >= 4 is 33.4 Å². The molecule has 6 aromatic heterocycles. The summed E-state index contributed by atoms with van der Waals surface area (Å²) in [7, 11) is 3.50. The Bertz CT molecular complexity index is 1990. The molecule has 0 saturated carbocycles. The highest BCUT2D eigenvalue weighted by Gasteiger charge is 2.16. The van der Waals surface area contributed by atoms with Crippen molar-refractivity contribution in [1.29, 1.82) is 0 Å². The lowest BCUT2D eigenvalue weighted by molar-refractivity contribution is 0.749. The van der Waals surface area contributed by atoms with Gasteiger partial charge < -0.3 is 21.4 Å². The number of hydrogen-bond acceptors (Lipinski definition) is 10. The quantitative estimate of drug-likeness (QED) is 0.251. The van der Waals surface area contributed by atoms with Gasteiger partial charge in [-0.3, -0.25) is 28.9 Å². The molecule has 0 bridgehead atoms. The second-order valence-corrected chi connectivity index (χ2v) is 9.44. The number of fused-ring (bicyclic) bond motifs is 2. The SMILES string of the molecule is Cc1ncc(N)cc1-c1nc2c(C)n(C)nc2c(=O)[nH]1.Cc1ncc(N)cc1-c1nc2c(C)nn(C)c2c(=O)[nH]1. The van der Waals surface area contributed by atoms with E-state index in [0.717, 1.165) is 17.1 Å². The first kappa shape index (κ1) is 26.2. The fraction of sp³-hybridized carbons (Fsp3) is 0.231. The van der Waals surface area contributed by atoms with Gasteiger partial charge in [0.25, 0.3) is 11.1 Å². The molecule has 14 nitrogen and oxygen atoms in total. The van der Waals surface area contributed by atoms with Crippen molar-refractivity contribution in [1.82, 2.24) is 49.5 Å². The molecular formula is C26H28N12O2. The molecule has 204 valence electrons. The third-order valence-electron chi connectivity index (χ3n) is 6.56. The first-order valence-corrected chi connectivity index (χ1v) is 12.3. The van der Waals surface area contributed by atoms with E-state index in [1.807, 2.05) is 27.7 Å². The highest BCUT2D eigenvalue weighted by Crippen LogP contribution is 2.23. The fourth-order valence-electron chi connectivity index (χ4n) is 4.37. The average molecular weight is 541 g/mol. The van der Waals surface area contributed by atoms with Gasteiger partial charge in [-0.1, -0.05) is 0 Å². The topological polar surface area (TPSA) is 205 Å². The molecule has 0 unspecified atom stereocenters. The van der Waals surface area contributed by atoms with Crippen LogP contribution in [-0.4, -0.2) is 49.5 Å². The van der Waals surface area contributed by atoms with Crippen LogP contribution in [0.1, 0.15) is 22.8 Å². The lowest BCUT2D eigenvalue weighted by Gasteiger charge is -2.05. The van der Waals surface area contributed by atoms with Crippen LogP contribution < -0.4 is 22.6 Å². The van der Waals surface area contributed by atoms with Crippen molar-refractivity contribution in [2.24, 2.45) is 14.1 Å². The predicted molar refractivity (Wildman–Crippen MR) is 152 cm³/mol. The van der Waals surface area contributed by atoms with Crippen LogP contribution in [0.5, 0.6) is 0 Å². The second-order valence-electron chi connectivity index (χ2n) is 9.44. The van der Waals surface area contributed by atoms with Crippen LogP contribution in [0.2, 0.25) is 0 Å². The summed E-state index contributed by atoms with van der Waals surface area (Å²) in [6, 6.07) is 3.50. The Morgan fingerprint density at radius 1 is 0.675 bits per heavy atom. The van der Waals surface area contributed by atoms with Crippen LogP contribution >= 0.6 is 0 Å². The molecule has 6 N–H and O–H groups in total. The van der Waals surface area contributed by atoms with Crippen molar-refractivity contribution in [2.45, 2.75) is 27.7 Å². The van der Waals surface area contributed by atoms with Gasteiger partial charge in [-0.05, 0) is 39.8 Å². The van der Waals surface area contributed by atoms with E-state index < -0.39 is 0 Å². The Balaban J connectivity index is 0.000000161. The molecule has 0 radical (unpaired) electrons. The molecular weight excluding hydrogens is 512 g/mol. The lowest BCUT2D eigenvalue weighted by Crippen LogP contribution is -2.13. The van der Waals surface area contributed by atoms with E-state index in [4.69, 9.17) is 11.5 Å². The molecule has 6 rings (SSSR count). The number of rotatable bonds is 2. The molecule has 0 amide bonds. The molecule has 0 aliphatic heterocycles. The van der Waals surface area contributed by atoms with Gasteiger partial charge in [0.05, 0.1) is 35.2 Å². The Morgan fingerprint density at radius 3 is 1.77 bits per heavy atom.